The standard InChI is InChI=1S/C13H17FN2S/c1-13(2)6-8(13)7-16-11-4-3-9(14)5-10(11)12(15)17/h3-5,8,16H,6-7H2,1-2H3,(H2,15,17). The SMILES string of the molecule is CC1(C)CC1CNc1ccc(F)cc1C(N)=S. The molecule has 4 heteroatoms. The van der Waals surface area contributed by atoms with Gasteiger partial charge in [0, 0.05) is 17.8 Å². The molecule has 0 amide bonds. The minimum Gasteiger partial charge on any atom is -0.389 e. The number of hydrogen-bond donors (Lipinski definition) is 2. The van der Waals surface area contributed by atoms with Crippen LogP contribution < -0.4 is 11.1 Å². The van der Waals surface area contributed by atoms with Crippen molar-refractivity contribution in [3.63, 3.8) is 0 Å². The van der Waals surface area contributed by atoms with Crippen LogP contribution in [0.2, 0.25) is 0 Å². The van der Waals surface area contributed by atoms with Gasteiger partial charge in [0.15, 0.2) is 0 Å². The van der Waals surface area contributed by atoms with Crippen LogP contribution in [0.25, 0.3) is 0 Å². The van der Waals surface area contributed by atoms with Gasteiger partial charge in [0.25, 0.3) is 0 Å². The van der Waals surface area contributed by atoms with Gasteiger partial charge >= 0.3 is 0 Å². The minimum absolute atomic E-state index is 0.224. The summed E-state index contributed by atoms with van der Waals surface area (Å²) in [4.78, 5) is 0.224. The minimum atomic E-state index is -0.315. The first kappa shape index (κ1) is 12.3. The highest BCUT2D eigenvalue weighted by Crippen LogP contribution is 2.51. The van der Waals surface area contributed by atoms with Crippen molar-refractivity contribution in [2.24, 2.45) is 17.1 Å². The fourth-order valence-electron chi connectivity index (χ4n) is 2.03. The van der Waals surface area contributed by atoms with Gasteiger partial charge in [-0.25, -0.2) is 4.39 Å². The molecule has 0 heterocycles. The zero-order chi connectivity index (χ0) is 12.6. The van der Waals surface area contributed by atoms with Gasteiger partial charge in [0.1, 0.15) is 10.8 Å². The largest absolute Gasteiger partial charge is 0.389 e. The summed E-state index contributed by atoms with van der Waals surface area (Å²) >= 11 is 4.92. The molecule has 17 heavy (non-hydrogen) atoms. The third-order valence-electron chi connectivity index (χ3n) is 3.50. The fraction of sp³-hybridized carbons (Fsp3) is 0.462. The summed E-state index contributed by atoms with van der Waals surface area (Å²) < 4.78 is 13.1. The average molecular weight is 252 g/mol. The lowest BCUT2D eigenvalue weighted by Gasteiger charge is -2.12. The monoisotopic (exact) mass is 252 g/mol. The third-order valence-corrected chi connectivity index (χ3v) is 3.72. The van der Waals surface area contributed by atoms with Crippen molar-refractivity contribution < 1.29 is 4.39 Å². The van der Waals surface area contributed by atoms with E-state index < -0.39 is 0 Å². The van der Waals surface area contributed by atoms with Crippen LogP contribution in [0.5, 0.6) is 0 Å². The maximum Gasteiger partial charge on any atom is 0.124 e. The lowest BCUT2D eigenvalue weighted by molar-refractivity contribution is 0.573. The van der Waals surface area contributed by atoms with E-state index in [1.807, 2.05) is 0 Å². The highest BCUT2D eigenvalue weighted by molar-refractivity contribution is 7.80. The van der Waals surface area contributed by atoms with Crippen LogP contribution in [0, 0.1) is 17.2 Å². The quantitative estimate of drug-likeness (QED) is 0.809. The van der Waals surface area contributed by atoms with Crippen LogP contribution in [0.15, 0.2) is 18.2 Å². The predicted molar refractivity (Wildman–Crippen MR) is 72.7 cm³/mol. The first-order chi connectivity index (χ1) is 7.90. The Bertz CT molecular complexity index is 457. The van der Waals surface area contributed by atoms with Gasteiger partial charge in [-0.2, -0.15) is 0 Å². The number of benzene rings is 1. The zero-order valence-electron chi connectivity index (χ0n) is 10.1. The Kier molecular flexibility index (Phi) is 3.08. The van der Waals surface area contributed by atoms with Gasteiger partial charge in [-0.3, -0.25) is 0 Å². The lowest BCUT2D eigenvalue weighted by atomic mass is 10.1. The van der Waals surface area contributed by atoms with E-state index in [9.17, 15) is 4.39 Å². The first-order valence-corrected chi connectivity index (χ1v) is 6.14. The van der Waals surface area contributed by atoms with E-state index in [1.54, 1.807) is 6.07 Å². The van der Waals surface area contributed by atoms with Crippen molar-refractivity contribution in [2.75, 3.05) is 11.9 Å². The molecule has 0 saturated heterocycles. The molecule has 0 aromatic heterocycles. The highest BCUT2D eigenvalue weighted by Gasteiger charge is 2.44. The normalized spacial score (nSPS) is 21.0. The summed E-state index contributed by atoms with van der Waals surface area (Å²) in [6, 6.07) is 4.49. The van der Waals surface area contributed by atoms with E-state index in [-0.39, 0.29) is 10.8 Å². The summed E-state index contributed by atoms with van der Waals surface area (Å²) in [5.74, 6) is 0.358. The van der Waals surface area contributed by atoms with Crippen molar-refractivity contribution in [3.8, 4) is 0 Å². The van der Waals surface area contributed by atoms with Crippen LogP contribution >= 0.6 is 12.2 Å². The molecule has 1 atom stereocenters. The van der Waals surface area contributed by atoms with Crippen molar-refractivity contribution in [3.05, 3.63) is 29.6 Å². The molecule has 1 aliphatic rings. The Balaban J connectivity index is 2.08. The van der Waals surface area contributed by atoms with Crippen LogP contribution in [-0.2, 0) is 0 Å². The number of hydrogen-bond acceptors (Lipinski definition) is 2. The summed E-state index contributed by atoms with van der Waals surface area (Å²) in [5, 5.41) is 3.31. The molecule has 0 spiro atoms. The molecule has 1 aromatic rings. The maximum absolute atomic E-state index is 13.1. The summed E-state index contributed by atoms with van der Waals surface area (Å²) in [6.45, 7) is 5.38. The third kappa shape index (κ3) is 2.75. The molecule has 1 aromatic carbocycles. The Labute approximate surface area is 106 Å². The second kappa shape index (κ2) is 4.26. The van der Waals surface area contributed by atoms with Crippen LogP contribution in [0.4, 0.5) is 10.1 Å². The van der Waals surface area contributed by atoms with Gasteiger partial charge in [-0.15, -0.1) is 0 Å². The van der Waals surface area contributed by atoms with Gasteiger partial charge < -0.3 is 11.1 Å². The van der Waals surface area contributed by atoms with Crippen molar-refractivity contribution in [1.82, 2.24) is 0 Å². The van der Waals surface area contributed by atoms with Crippen LogP contribution in [-0.4, -0.2) is 11.5 Å². The van der Waals surface area contributed by atoms with Crippen molar-refractivity contribution in [1.29, 1.82) is 0 Å². The smallest absolute Gasteiger partial charge is 0.124 e. The van der Waals surface area contributed by atoms with Gasteiger partial charge in [0.05, 0.1) is 0 Å². The molecule has 1 saturated carbocycles. The zero-order valence-corrected chi connectivity index (χ0v) is 10.9. The molecule has 2 rings (SSSR count). The topological polar surface area (TPSA) is 38.0 Å². The molecule has 1 unspecified atom stereocenters. The molecular formula is C13H17FN2S. The molecule has 0 bridgehead atoms. The molecule has 0 aliphatic heterocycles. The fourth-order valence-corrected chi connectivity index (χ4v) is 2.20. The van der Waals surface area contributed by atoms with E-state index in [4.69, 9.17) is 18.0 Å². The Morgan fingerprint density at radius 3 is 2.76 bits per heavy atom. The predicted octanol–water partition coefficient (Wildman–Crippen LogP) is 2.92. The lowest BCUT2D eigenvalue weighted by Crippen LogP contribution is -2.15. The number of rotatable bonds is 4. The number of thiocarbonyl (C=S) groups is 1. The molecular weight excluding hydrogens is 235 g/mol. The Morgan fingerprint density at radius 1 is 1.59 bits per heavy atom. The number of nitrogens with two attached hydrogens (primary N) is 1. The van der Waals surface area contributed by atoms with E-state index in [1.165, 1.54) is 18.6 Å². The molecule has 1 fully saturated rings. The molecule has 92 valence electrons. The molecule has 2 nitrogen and oxygen atoms in total. The highest BCUT2D eigenvalue weighted by atomic mass is 32.1. The number of nitrogens with one attached hydrogen (secondary N) is 1. The van der Waals surface area contributed by atoms with Gasteiger partial charge in [0.2, 0.25) is 0 Å². The Morgan fingerprint density at radius 2 is 2.24 bits per heavy atom. The molecule has 1 aliphatic carbocycles. The first-order valence-electron chi connectivity index (χ1n) is 5.73. The van der Waals surface area contributed by atoms with E-state index in [0.717, 1.165) is 12.2 Å². The van der Waals surface area contributed by atoms with E-state index in [2.05, 4.69) is 19.2 Å². The van der Waals surface area contributed by atoms with E-state index in [0.29, 0.717) is 16.9 Å². The van der Waals surface area contributed by atoms with Crippen molar-refractivity contribution >= 4 is 22.9 Å². The Hall–Kier alpha value is -1.16. The second-order valence-electron chi connectivity index (χ2n) is 5.32. The number of anilines is 1. The summed E-state index contributed by atoms with van der Waals surface area (Å²) in [6.07, 6.45) is 1.23. The van der Waals surface area contributed by atoms with Gasteiger partial charge in [-0.05, 0) is 36.0 Å². The number of halogens is 1. The summed E-state index contributed by atoms with van der Waals surface area (Å²) in [7, 11) is 0. The van der Waals surface area contributed by atoms with E-state index >= 15 is 0 Å². The van der Waals surface area contributed by atoms with Gasteiger partial charge in [-0.1, -0.05) is 26.1 Å². The van der Waals surface area contributed by atoms with Crippen LogP contribution in [0.3, 0.4) is 0 Å². The average Bonchev–Trinajstić information content (AvgIpc) is 2.84. The molecule has 3 N–H and O–H groups in total. The molecule has 0 radical (unpaired) electrons. The van der Waals surface area contributed by atoms with Crippen LogP contribution in [0.1, 0.15) is 25.8 Å². The maximum atomic E-state index is 13.1. The summed E-state index contributed by atoms with van der Waals surface area (Å²) in [5.41, 5.74) is 7.41. The second-order valence-corrected chi connectivity index (χ2v) is 5.76. The van der Waals surface area contributed by atoms with Crippen molar-refractivity contribution in [2.45, 2.75) is 20.3 Å².